The van der Waals surface area contributed by atoms with E-state index in [-0.39, 0.29) is 5.60 Å². The number of hydrogen-bond acceptors (Lipinski definition) is 3. The molecule has 3 fully saturated rings. The van der Waals surface area contributed by atoms with Gasteiger partial charge < -0.3 is 10.1 Å². The Bertz CT molecular complexity index is 327. The van der Waals surface area contributed by atoms with Gasteiger partial charge in [0.05, 0.1) is 11.7 Å². The molecule has 3 atom stereocenters. The van der Waals surface area contributed by atoms with Crippen LogP contribution in [0.15, 0.2) is 0 Å². The minimum absolute atomic E-state index is 0.106. The molecule has 1 saturated carbocycles. The molecule has 0 bridgehead atoms. The lowest BCUT2D eigenvalue weighted by molar-refractivity contribution is -0.0396. The van der Waals surface area contributed by atoms with Crippen molar-refractivity contribution in [2.75, 3.05) is 19.6 Å². The van der Waals surface area contributed by atoms with Gasteiger partial charge in [0, 0.05) is 31.7 Å². The molecule has 3 heteroatoms. The molecule has 1 N–H and O–H groups in total. The molecular weight excluding hydrogens is 248 g/mol. The molecule has 1 aliphatic carbocycles. The zero-order chi connectivity index (χ0) is 14.2. The molecule has 20 heavy (non-hydrogen) atoms. The molecule has 0 aromatic rings. The van der Waals surface area contributed by atoms with Crippen molar-refractivity contribution in [2.45, 2.75) is 83.1 Å². The third-order valence-electron chi connectivity index (χ3n) is 5.37. The number of nitrogens with one attached hydrogen (secondary N) is 1. The van der Waals surface area contributed by atoms with E-state index in [4.69, 9.17) is 4.74 Å². The quantitative estimate of drug-likeness (QED) is 0.838. The lowest BCUT2D eigenvalue weighted by Gasteiger charge is -2.42. The summed E-state index contributed by atoms with van der Waals surface area (Å²) in [5, 5.41) is 3.80. The number of nitrogens with zero attached hydrogens (tertiary/aromatic N) is 1. The summed E-state index contributed by atoms with van der Waals surface area (Å²) in [5.74, 6) is 0.959. The van der Waals surface area contributed by atoms with E-state index >= 15 is 0 Å². The molecule has 0 amide bonds. The second kappa shape index (κ2) is 5.94. The highest BCUT2D eigenvalue weighted by molar-refractivity contribution is 4.95. The normalized spacial score (nSPS) is 38.2. The average Bonchev–Trinajstić information content (AvgIpc) is 3.18. The minimum Gasteiger partial charge on any atom is -0.371 e. The van der Waals surface area contributed by atoms with Gasteiger partial charge >= 0.3 is 0 Å². The monoisotopic (exact) mass is 280 g/mol. The van der Waals surface area contributed by atoms with E-state index in [9.17, 15) is 0 Å². The Morgan fingerprint density at radius 1 is 1.25 bits per heavy atom. The second-order valence-electron chi connectivity index (χ2n) is 7.79. The van der Waals surface area contributed by atoms with Gasteiger partial charge in [-0.1, -0.05) is 13.3 Å². The first-order chi connectivity index (χ1) is 9.57. The number of piperazine rings is 1. The van der Waals surface area contributed by atoms with Crippen molar-refractivity contribution in [2.24, 2.45) is 5.92 Å². The van der Waals surface area contributed by atoms with Crippen LogP contribution in [0, 0.1) is 5.92 Å². The molecule has 3 rings (SSSR count). The zero-order valence-electron chi connectivity index (χ0n) is 13.5. The number of ether oxygens (including phenoxy) is 1. The van der Waals surface area contributed by atoms with Crippen LogP contribution in [0.2, 0.25) is 0 Å². The van der Waals surface area contributed by atoms with Gasteiger partial charge in [-0.2, -0.15) is 0 Å². The van der Waals surface area contributed by atoms with Crippen LogP contribution in [-0.4, -0.2) is 48.3 Å². The first-order valence-corrected chi connectivity index (χ1v) is 8.72. The summed E-state index contributed by atoms with van der Waals surface area (Å²) in [6.45, 7) is 10.4. The van der Waals surface area contributed by atoms with Gasteiger partial charge in [-0.15, -0.1) is 0 Å². The topological polar surface area (TPSA) is 24.5 Å². The van der Waals surface area contributed by atoms with Gasteiger partial charge in [-0.25, -0.2) is 0 Å². The van der Waals surface area contributed by atoms with Crippen LogP contribution in [0.3, 0.4) is 0 Å². The van der Waals surface area contributed by atoms with E-state index in [0.717, 1.165) is 24.5 Å². The standard InChI is InChI=1S/C17H32N2O/c1-4-5-14-10-18-16(13-6-7-13)12-19(14)11-15-8-9-17(2,3)20-15/h13-16,18H,4-12H2,1-3H3. The van der Waals surface area contributed by atoms with Crippen LogP contribution >= 0.6 is 0 Å². The maximum Gasteiger partial charge on any atom is 0.0710 e. The van der Waals surface area contributed by atoms with Gasteiger partial charge in [-0.3, -0.25) is 4.90 Å². The first kappa shape index (κ1) is 14.8. The SMILES string of the molecule is CCCC1CNC(C2CC2)CN1CC1CCC(C)(C)O1. The Kier molecular flexibility index (Phi) is 4.40. The Morgan fingerprint density at radius 3 is 2.65 bits per heavy atom. The summed E-state index contributed by atoms with van der Waals surface area (Å²) >= 11 is 0. The Balaban J connectivity index is 1.57. The molecule has 0 radical (unpaired) electrons. The molecule has 3 unspecified atom stereocenters. The summed E-state index contributed by atoms with van der Waals surface area (Å²) in [6, 6.07) is 1.47. The lowest BCUT2D eigenvalue weighted by atomic mass is 10.0. The molecule has 0 aromatic carbocycles. The predicted molar refractivity (Wildman–Crippen MR) is 83.0 cm³/mol. The van der Waals surface area contributed by atoms with Crippen LogP contribution in [0.4, 0.5) is 0 Å². The molecule has 2 aliphatic heterocycles. The van der Waals surface area contributed by atoms with E-state index in [1.54, 1.807) is 0 Å². The number of hydrogen-bond donors (Lipinski definition) is 1. The highest BCUT2D eigenvalue weighted by Crippen LogP contribution is 2.35. The predicted octanol–water partition coefficient (Wildman–Crippen LogP) is 2.80. The molecule has 0 spiro atoms. The van der Waals surface area contributed by atoms with Gasteiger partial charge in [0.25, 0.3) is 0 Å². The van der Waals surface area contributed by atoms with Crippen molar-refractivity contribution in [3.63, 3.8) is 0 Å². The van der Waals surface area contributed by atoms with Gasteiger partial charge in [0.15, 0.2) is 0 Å². The lowest BCUT2D eigenvalue weighted by Crippen LogP contribution is -2.58. The summed E-state index contributed by atoms with van der Waals surface area (Å²) in [4.78, 5) is 2.75. The van der Waals surface area contributed by atoms with Crippen molar-refractivity contribution in [1.82, 2.24) is 10.2 Å². The molecule has 116 valence electrons. The average molecular weight is 280 g/mol. The van der Waals surface area contributed by atoms with Crippen LogP contribution in [0.1, 0.15) is 59.3 Å². The Labute approximate surface area is 124 Å². The molecule has 2 heterocycles. The summed E-state index contributed by atoms with van der Waals surface area (Å²) in [5.41, 5.74) is 0.106. The van der Waals surface area contributed by atoms with Crippen molar-refractivity contribution in [1.29, 1.82) is 0 Å². The highest BCUT2D eigenvalue weighted by atomic mass is 16.5. The van der Waals surface area contributed by atoms with Crippen molar-refractivity contribution in [3.8, 4) is 0 Å². The zero-order valence-corrected chi connectivity index (χ0v) is 13.5. The van der Waals surface area contributed by atoms with E-state index < -0.39 is 0 Å². The maximum atomic E-state index is 6.23. The largest absolute Gasteiger partial charge is 0.371 e. The molecule has 3 aliphatic rings. The van der Waals surface area contributed by atoms with E-state index in [0.29, 0.717) is 6.10 Å². The smallest absolute Gasteiger partial charge is 0.0710 e. The fourth-order valence-corrected chi connectivity index (χ4v) is 4.01. The molecule has 2 saturated heterocycles. The van der Waals surface area contributed by atoms with Gasteiger partial charge in [-0.05, 0) is 51.9 Å². The third kappa shape index (κ3) is 3.55. The van der Waals surface area contributed by atoms with E-state index in [2.05, 4.69) is 31.0 Å². The van der Waals surface area contributed by atoms with Crippen molar-refractivity contribution >= 4 is 0 Å². The van der Waals surface area contributed by atoms with Crippen molar-refractivity contribution < 1.29 is 4.74 Å². The minimum atomic E-state index is 0.106. The van der Waals surface area contributed by atoms with Crippen LogP contribution in [0.5, 0.6) is 0 Å². The highest BCUT2D eigenvalue weighted by Gasteiger charge is 2.39. The fraction of sp³-hybridized carbons (Fsp3) is 1.00. The van der Waals surface area contributed by atoms with Crippen LogP contribution < -0.4 is 5.32 Å². The fourth-order valence-electron chi connectivity index (χ4n) is 4.01. The van der Waals surface area contributed by atoms with Gasteiger partial charge in [0.1, 0.15) is 0 Å². The van der Waals surface area contributed by atoms with Crippen LogP contribution in [-0.2, 0) is 4.74 Å². The Morgan fingerprint density at radius 2 is 2.05 bits per heavy atom. The van der Waals surface area contributed by atoms with Crippen molar-refractivity contribution in [3.05, 3.63) is 0 Å². The molecule has 3 nitrogen and oxygen atoms in total. The first-order valence-electron chi connectivity index (χ1n) is 8.72. The Hall–Kier alpha value is -0.120. The molecule has 0 aromatic heterocycles. The maximum absolute atomic E-state index is 6.23. The second-order valence-corrected chi connectivity index (χ2v) is 7.79. The summed E-state index contributed by atoms with van der Waals surface area (Å²) in [6.07, 6.45) is 8.41. The van der Waals surface area contributed by atoms with E-state index in [1.165, 1.54) is 51.6 Å². The van der Waals surface area contributed by atoms with Crippen LogP contribution in [0.25, 0.3) is 0 Å². The molecular formula is C17H32N2O. The van der Waals surface area contributed by atoms with Gasteiger partial charge in [0.2, 0.25) is 0 Å². The summed E-state index contributed by atoms with van der Waals surface area (Å²) in [7, 11) is 0. The van der Waals surface area contributed by atoms with E-state index in [1.807, 2.05) is 0 Å². The number of rotatable bonds is 5. The third-order valence-corrected chi connectivity index (χ3v) is 5.37. The summed E-state index contributed by atoms with van der Waals surface area (Å²) < 4.78 is 6.23.